The van der Waals surface area contributed by atoms with Crippen molar-refractivity contribution in [2.24, 2.45) is 11.7 Å². The van der Waals surface area contributed by atoms with Crippen LogP contribution in [-0.2, 0) is 14.3 Å². The lowest BCUT2D eigenvalue weighted by molar-refractivity contribution is -0.142. The van der Waals surface area contributed by atoms with E-state index in [1.165, 1.54) is 7.11 Å². The molecular formula is C16H24N2O3. The molecule has 0 aliphatic heterocycles. The molecule has 0 fully saturated rings. The van der Waals surface area contributed by atoms with Gasteiger partial charge in [0.1, 0.15) is 6.04 Å². The van der Waals surface area contributed by atoms with E-state index in [-0.39, 0.29) is 18.3 Å². The molecule has 116 valence electrons. The fraction of sp³-hybridized carbons (Fsp3) is 0.500. The molecule has 0 saturated heterocycles. The van der Waals surface area contributed by atoms with Crippen molar-refractivity contribution in [1.82, 2.24) is 4.90 Å². The fourth-order valence-electron chi connectivity index (χ4n) is 2.06. The van der Waals surface area contributed by atoms with Gasteiger partial charge in [0, 0.05) is 13.1 Å². The molecule has 1 amide bonds. The molecule has 0 aliphatic rings. The number of methoxy groups -OCH3 is 1. The molecule has 1 aromatic carbocycles. The maximum Gasteiger partial charge on any atom is 0.307 e. The monoisotopic (exact) mass is 292 g/mol. The predicted molar refractivity (Wildman–Crippen MR) is 81.4 cm³/mol. The number of nitrogens with two attached hydrogens (primary N) is 1. The highest BCUT2D eigenvalue weighted by Crippen LogP contribution is 2.14. The third-order valence-electron chi connectivity index (χ3n) is 3.14. The Morgan fingerprint density at radius 1 is 1.24 bits per heavy atom. The molecular weight excluding hydrogens is 268 g/mol. The van der Waals surface area contributed by atoms with Gasteiger partial charge in [0.25, 0.3) is 0 Å². The van der Waals surface area contributed by atoms with Crippen molar-refractivity contribution in [3.05, 3.63) is 35.9 Å². The van der Waals surface area contributed by atoms with Crippen molar-refractivity contribution in [3.8, 4) is 0 Å². The van der Waals surface area contributed by atoms with Crippen molar-refractivity contribution < 1.29 is 14.3 Å². The van der Waals surface area contributed by atoms with Crippen molar-refractivity contribution in [1.29, 1.82) is 0 Å². The third kappa shape index (κ3) is 5.55. The van der Waals surface area contributed by atoms with Crippen LogP contribution >= 0.6 is 0 Å². The van der Waals surface area contributed by atoms with E-state index in [1.54, 1.807) is 4.90 Å². The molecule has 2 N–H and O–H groups in total. The van der Waals surface area contributed by atoms with Gasteiger partial charge in [0.2, 0.25) is 5.91 Å². The number of esters is 1. The van der Waals surface area contributed by atoms with Crippen molar-refractivity contribution in [3.63, 3.8) is 0 Å². The zero-order chi connectivity index (χ0) is 15.8. The van der Waals surface area contributed by atoms with E-state index in [0.717, 1.165) is 5.56 Å². The number of ether oxygens (including phenoxy) is 1. The lowest BCUT2D eigenvalue weighted by atomic mass is 10.1. The molecule has 5 heteroatoms. The van der Waals surface area contributed by atoms with Crippen LogP contribution in [-0.4, -0.2) is 37.0 Å². The molecule has 0 bridgehead atoms. The second-order valence-electron chi connectivity index (χ2n) is 5.39. The Balaban J connectivity index is 2.76. The van der Waals surface area contributed by atoms with Gasteiger partial charge in [-0.15, -0.1) is 0 Å². The smallest absolute Gasteiger partial charge is 0.307 e. The average molecular weight is 292 g/mol. The minimum atomic E-state index is -0.706. The maximum atomic E-state index is 12.5. The van der Waals surface area contributed by atoms with Gasteiger partial charge in [-0.1, -0.05) is 44.2 Å². The number of nitrogens with zero attached hydrogens (tertiary/aromatic N) is 1. The van der Waals surface area contributed by atoms with Crippen LogP contribution in [0, 0.1) is 5.92 Å². The summed E-state index contributed by atoms with van der Waals surface area (Å²) in [6.07, 6.45) is 0.177. The molecule has 0 spiro atoms. The van der Waals surface area contributed by atoms with Gasteiger partial charge in [-0.25, -0.2) is 0 Å². The Morgan fingerprint density at radius 2 is 1.86 bits per heavy atom. The first-order valence-electron chi connectivity index (χ1n) is 7.11. The van der Waals surface area contributed by atoms with E-state index < -0.39 is 6.04 Å². The Labute approximate surface area is 126 Å². The molecule has 1 aromatic rings. The topological polar surface area (TPSA) is 72.6 Å². The first kappa shape index (κ1) is 17.2. The van der Waals surface area contributed by atoms with Crippen molar-refractivity contribution >= 4 is 11.9 Å². The van der Waals surface area contributed by atoms with Crippen LogP contribution in [0.5, 0.6) is 0 Å². The lowest BCUT2D eigenvalue weighted by Crippen LogP contribution is -2.41. The predicted octanol–water partition coefficient (Wildman–Crippen LogP) is 1.73. The Bertz CT molecular complexity index is 460. The standard InChI is InChI=1S/C16H24N2O3/c1-12(2)11-18(10-9-14(19)21-3)16(20)15(17)13-7-5-4-6-8-13/h4-8,12,15H,9-11,17H2,1-3H3. The third-order valence-corrected chi connectivity index (χ3v) is 3.14. The molecule has 5 nitrogen and oxygen atoms in total. The molecule has 0 aromatic heterocycles. The van der Waals surface area contributed by atoms with E-state index in [4.69, 9.17) is 5.73 Å². The number of hydrogen-bond acceptors (Lipinski definition) is 4. The maximum absolute atomic E-state index is 12.5. The largest absolute Gasteiger partial charge is 0.469 e. The summed E-state index contributed by atoms with van der Waals surface area (Å²) in [5.74, 6) is -0.196. The minimum absolute atomic E-state index is 0.168. The number of carbonyl (C=O) groups is 2. The fourth-order valence-corrected chi connectivity index (χ4v) is 2.06. The summed E-state index contributed by atoms with van der Waals surface area (Å²) in [5.41, 5.74) is 6.82. The summed E-state index contributed by atoms with van der Waals surface area (Å²) in [4.78, 5) is 25.4. The Kier molecular flexibility index (Phi) is 6.88. The van der Waals surface area contributed by atoms with Crippen LogP contribution in [0.25, 0.3) is 0 Å². The number of carbonyl (C=O) groups excluding carboxylic acids is 2. The van der Waals surface area contributed by atoms with Crippen LogP contribution in [0.15, 0.2) is 30.3 Å². The molecule has 21 heavy (non-hydrogen) atoms. The van der Waals surface area contributed by atoms with Crippen molar-refractivity contribution in [2.45, 2.75) is 26.3 Å². The zero-order valence-electron chi connectivity index (χ0n) is 12.9. The number of benzene rings is 1. The highest BCUT2D eigenvalue weighted by molar-refractivity contribution is 5.83. The Hall–Kier alpha value is -1.88. The SMILES string of the molecule is COC(=O)CCN(CC(C)C)C(=O)C(N)c1ccccc1. The normalized spacial score (nSPS) is 12.0. The lowest BCUT2D eigenvalue weighted by Gasteiger charge is -2.27. The number of amides is 1. The molecule has 0 radical (unpaired) electrons. The molecule has 0 saturated carbocycles. The van der Waals surface area contributed by atoms with Crippen LogP contribution in [0.4, 0.5) is 0 Å². The second-order valence-corrected chi connectivity index (χ2v) is 5.39. The van der Waals surface area contributed by atoms with Crippen LogP contribution in [0.2, 0.25) is 0 Å². The minimum Gasteiger partial charge on any atom is -0.469 e. The van der Waals surface area contributed by atoms with E-state index in [0.29, 0.717) is 19.0 Å². The molecule has 1 unspecified atom stereocenters. The quantitative estimate of drug-likeness (QED) is 0.777. The van der Waals surface area contributed by atoms with Gasteiger partial charge in [0.15, 0.2) is 0 Å². The van der Waals surface area contributed by atoms with Gasteiger partial charge in [0.05, 0.1) is 13.5 Å². The van der Waals surface area contributed by atoms with E-state index in [9.17, 15) is 9.59 Å². The van der Waals surface area contributed by atoms with E-state index in [2.05, 4.69) is 4.74 Å². The van der Waals surface area contributed by atoms with Gasteiger partial charge in [-0.05, 0) is 11.5 Å². The van der Waals surface area contributed by atoms with Gasteiger partial charge >= 0.3 is 5.97 Å². The second kappa shape index (κ2) is 8.42. The summed E-state index contributed by atoms with van der Waals surface area (Å²) >= 11 is 0. The first-order chi connectivity index (χ1) is 9.95. The summed E-state index contributed by atoms with van der Waals surface area (Å²) in [6.45, 7) is 4.93. The van der Waals surface area contributed by atoms with Crippen LogP contribution in [0.1, 0.15) is 31.9 Å². The first-order valence-corrected chi connectivity index (χ1v) is 7.11. The molecule has 0 heterocycles. The van der Waals surface area contributed by atoms with Crippen molar-refractivity contribution in [2.75, 3.05) is 20.2 Å². The summed E-state index contributed by atoms with van der Waals surface area (Å²) in [6, 6.07) is 8.53. The summed E-state index contributed by atoms with van der Waals surface area (Å²) in [5, 5.41) is 0. The molecule has 1 rings (SSSR count). The molecule has 1 atom stereocenters. The zero-order valence-corrected chi connectivity index (χ0v) is 12.9. The van der Waals surface area contributed by atoms with Crippen LogP contribution < -0.4 is 5.73 Å². The highest BCUT2D eigenvalue weighted by Gasteiger charge is 2.23. The average Bonchev–Trinajstić information content (AvgIpc) is 2.50. The molecule has 0 aliphatic carbocycles. The van der Waals surface area contributed by atoms with Gasteiger partial charge < -0.3 is 15.4 Å². The number of rotatable bonds is 7. The summed E-state index contributed by atoms with van der Waals surface area (Å²) in [7, 11) is 1.34. The summed E-state index contributed by atoms with van der Waals surface area (Å²) < 4.78 is 4.62. The Morgan fingerprint density at radius 3 is 2.38 bits per heavy atom. The van der Waals surface area contributed by atoms with Crippen LogP contribution in [0.3, 0.4) is 0 Å². The van der Waals surface area contributed by atoms with Gasteiger partial charge in [-0.3, -0.25) is 9.59 Å². The van der Waals surface area contributed by atoms with E-state index in [1.807, 2.05) is 44.2 Å². The van der Waals surface area contributed by atoms with Gasteiger partial charge in [-0.2, -0.15) is 0 Å². The van der Waals surface area contributed by atoms with E-state index >= 15 is 0 Å². The number of hydrogen-bond donors (Lipinski definition) is 1. The highest BCUT2D eigenvalue weighted by atomic mass is 16.5.